The van der Waals surface area contributed by atoms with Gasteiger partial charge in [-0.15, -0.1) is 0 Å². The molecule has 0 heterocycles. The van der Waals surface area contributed by atoms with Crippen LogP contribution in [0.1, 0.15) is 25.7 Å². The van der Waals surface area contributed by atoms with E-state index in [0.717, 1.165) is 34.8 Å². The van der Waals surface area contributed by atoms with Gasteiger partial charge in [0.2, 0.25) is 0 Å². The molecular formula is C8H17O2Si2. The normalized spacial score (nSPS) is 23.8. The zero-order chi connectivity index (χ0) is 8.39. The van der Waals surface area contributed by atoms with Crippen molar-refractivity contribution in [2.75, 3.05) is 6.61 Å². The van der Waals surface area contributed by atoms with Crippen LogP contribution in [0.25, 0.3) is 0 Å². The molecule has 2 saturated carbocycles. The Labute approximate surface area is 79.6 Å². The first-order valence-electron chi connectivity index (χ1n) is 4.88. The monoisotopic (exact) mass is 201 g/mol. The number of hydrogen-bond donors (Lipinski definition) is 0. The van der Waals surface area contributed by atoms with Crippen molar-refractivity contribution in [3.63, 3.8) is 0 Å². The summed E-state index contributed by atoms with van der Waals surface area (Å²) >= 11 is 0. The molecule has 69 valence electrons. The molecule has 0 atom stereocenters. The quantitative estimate of drug-likeness (QED) is 0.445. The maximum absolute atomic E-state index is 5.54. The summed E-state index contributed by atoms with van der Waals surface area (Å²) in [6.07, 6.45) is 5.84. The molecule has 0 aromatic heterocycles. The molecule has 0 N–H and O–H groups in total. The van der Waals surface area contributed by atoms with Crippen LogP contribution >= 0.6 is 0 Å². The predicted octanol–water partition coefficient (Wildman–Crippen LogP) is 0.00270. The van der Waals surface area contributed by atoms with Gasteiger partial charge in [0.15, 0.2) is 0 Å². The summed E-state index contributed by atoms with van der Waals surface area (Å²) in [6.45, 7) is 0.993. The molecule has 12 heavy (non-hydrogen) atoms. The summed E-state index contributed by atoms with van der Waals surface area (Å²) in [5.41, 5.74) is 0. The molecular weight excluding hydrogens is 184 g/mol. The van der Waals surface area contributed by atoms with Crippen LogP contribution in [0.5, 0.6) is 0 Å². The second-order valence-corrected chi connectivity index (χ2v) is 6.42. The molecule has 0 aromatic carbocycles. The molecule has 0 aliphatic heterocycles. The fraction of sp³-hybridized carbons (Fsp3) is 1.00. The predicted molar refractivity (Wildman–Crippen MR) is 53.1 cm³/mol. The molecule has 0 aromatic rings. The van der Waals surface area contributed by atoms with Gasteiger partial charge in [0.25, 0.3) is 0 Å². The van der Waals surface area contributed by atoms with E-state index in [4.69, 9.17) is 8.54 Å². The van der Waals surface area contributed by atoms with Crippen molar-refractivity contribution in [1.82, 2.24) is 0 Å². The van der Waals surface area contributed by atoms with Crippen molar-refractivity contribution in [3.8, 4) is 0 Å². The lowest BCUT2D eigenvalue weighted by Gasteiger charge is -2.14. The lowest BCUT2D eigenvalue weighted by molar-refractivity contribution is 0.201. The van der Waals surface area contributed by atoms with Crippen LogP contribution in [-0.2, 0) is 8.54 Å². The van der Waals surface area contributed by atoms with Gasteiger partial charge in [-0.05, 0) is 43.4 Å². The highest BCUT2D eigenvalue weighted by Gasteiger charge is 2.41. The molecule has 2 aliphatic carbocycles. The molecule has 1 radical (unpaired) electrons. The maximum atomic E-state index is 5.54. The van der Waals surface area contributed by atoms with Crippen LogP contribution in [0.4, 0.5) is 0 Å². The smallest absolute Gasteiger partial charge is 0.353 e. The Morgan fingerprint density at radius 1 is 1.25 bits per heavy atom. The SMILES string of the molecule is [SiH3]O[SiH]OCC(C1CC1)C1CC1. The van der Waals surface area contributed by atoms with Gasteiger partial charge in [0.1, 0.15) is 10.5 Å². The van der Waals surface area contributed by atoms with Crippen molar-refractivity contribution in [2.24, 2.45) is 17.8 Å². The van der Waals surface area contributed by atoms with Gasteiger partial charge in [0, 0.05) is 6.61 Å². The average Bonchev–Trinajstić information content (AvgIpc) is 2.87. The van der Waals surface area contributed by atoms with E-state index in [9.17, 15) is 0 Å². The molecule has 0 amide bonds. The van der Waals surface area contributed by atoms with E-state index in [1.54, 1.807) is 0 Å². The minimum Gasteiger partial charge on any atom is -0.446 e. The largest absolute Gasteiger partial charge is 0.446 e. The maximum Gasteiger partial charge on any atom is 0.353 e. The molecule has 4 heteroatoms. The first-order chi connectivity index (χ1) is 5.92. The fourth-order valence-corrected chi connectivity index (χ4v) is 2.77. The fourth-order valence-electron chi connectivity index (χ4n) is 1.92. The van der Waals surface area contributed by atoms with Crippen LogP contribution in [0.15, 0.2) is 0 Å². The second kappa shape index (κ2) is 4.04. The van der Waals surface area contributed by atoms with Crippen molar-refractivity contribution in [3.05, 3.63) is 0 Å². The highest BCUT2D eigenvalue weighted by atomic mass is 28.3. The molecule has 0 saturated heterocycles. The molecule has 2 rings (SSSR count). The van der Waals surface area contributed by atoms with E-state index in [0.29, 0.717) is 0 Å². The van der Waals surface area contributed by atoms with Crippen LogP contribution in [0.3, 0.4) is 0 Å². The van der Waals surface area contributed by atoms with Crippen LogP contribution in [-0.4, -0.2) is 27.1 Å². The van der Waals surface area contributed by atoms with E-state index in [1.807, 2.05) is 0 Å². The van der Waals surface area contributed by atoms with Crippen molar-refractivity contribution in [1.29, 1.82) is 0 Å². The summed E-state index contributed by atoms with van der Waals surface area (Å²) in [7, 11) is 0.706. The lowest BCUT2D eigenvalue weighted by Crippen LogP contribution is -2.16. The van der Waals surface area contributed by atoms with Gasteiger partial charge in [0.05, 0.1) is 0 Å². The topological polar surface area (TPSA) is 18.5 Å². The van der Waals surface area contributed by atoms with E-state index in [-0.39, 0.29) is 10.0 Å². The lowest BCUT2D eigenvalue weighted by atomic mass is 9.99. The Kier molecular flexibility index (Phi) is 3.01. The Morgan fingerprint density at radius 3 is 2.25 bits per heavy atom. The summed E-state index contributed by atoms with van der Waals surface area (Å²) in [5.74, 6) is 2.94. The zero-order valence-corrected chi connectivity index (χ0v) is 10.8. The Hall–Kier alpha value is 0.354. The summed E-state index contributed by atoms with van der Waals surface area (Å²) < 4.78 is 10.6. The van der Waals surface area contributed by atoms with Crippen LogP contribution in [0, 0.1) is 17.8 Å². The van der Waals surface area contributed by atoms with Crippen molar-refractivity contribution in [2.45, 2.75) is 25.7 Å². The molecule has 0 bridgehead atoms. The Balaban J connectivity index is 1.66. The second-order valence-electron chi connectivity index (χ2n) is 4.00. The average molecular weight is 201 g/mol. The van der Waals surface area contributed by atoms with Crippen molar-refractivity contribution >= 4 is 20.5 Å². The van der Waals surface area contributed by atoms with E-state index in [1.165, 1.54) is 25.7 Å². The van der Waals surface area contributed by atoms with Crippen LogP contribution < -0.4 is 0 Å². The van der Waals surface area contributed by atoms with E-state index in [2.05, 4.69) is 0 Å². The van der Waals surface area contributed by atoms with E-state index >= 15 is 0 Å². The summed E-state index contributed by atoms with van der Waals surface area (Å²) in [4.78, 5) is 0. The summed E-state index contributed by atoms with van der Waals surface area (Å²) in [5, 5.41) is 0. The Bertz CT molecular complexity index is 134. The highest BCUT2D eigenvalue weighted by molar-refractivity contribution is 6.27. The third-order valence-corrected chi connectivity index (χ3v) is 4.01. The van der Waals surface area contributed by atoms with Gasteiger partial charge in [-0.2, -0.15) is 0 Å². The third kappa shape index (κ3) is 2.42. The molecule has 2 nitrogen and oxygen atoms in total. The van der Waals surface area contributed by atoms with Gasteiger partial charge >= 0.3 is 10.0 Å². The Morgan fingerprint density at radius 2 is 1.83 bits per heavy atom. The molecule has 0 spiro atoms. The van der Waals surface area contributed by atoms with Gasteiger partial charge in [-0.25, -0.2) is 0 Å². The van der Waals surface area contributed by atoms with Gasteiger partial charge < -0.3 is 8.54 Å². The highest BCUT2D eigenvalue weighted by Crippen LogP contribution is 2.49. The van der Waals surface area contributed by atoms with Crippen molar-refractivity contribution < 1.29 is 8.54 Å². The first kappa shape index (κ1) is 8.93. The number of rotatable bonds is 6. The third-order valence-electron chi connectivity index (χ3n) is 2.91. The standard InChI is InChI=1S/C8H17O2Si2/c11-10-12-9-5-8(6-1-2-6)7-3-4-7/h6-8,12H,1-5H2,11H3. The zero-order valence-electron chi connectivity index (χ0n) is 7.66. The molecule has 2 fully saturated rings. The first-order valence-corrected chi connectivity index (χ1v) is 6.64. The van der Waals surface area contributed by atoms with E-state index < -0.39 is 0 Å². The van der Waals surface area contributed by atoms with Gasteiger partial charge in [-0.1, -0.05) is 0 Å². The molecule has 2 aliphatic rings. The number of hydrogen-bond acceptors (Lipinski definition) is 2. The minimum atomic E-state index is -0.129. The van der Waals surface area contributed by atoms with Gasteiger partial charge in [-0.3, -0.25) is 0 Å². The molecule has 0 unspecified atom stereocenters. The summed E-state index contributed by atoms with van der Waals surface area (Å²) in [6, 6.07) is 0. The minimum absolute atomic E-state index is 0.129. The van der Waals surface area contributed by atoms with Crippen LogP contribution in [0.2, 0.25) is 0 Å².